The standard InChI is InChI=1S/C15H16N2O2/c16-13-5-6-15(17-7-8-18)14(9-13)12-3-1-11(10-19)2-4-12/h1-6,9-10,17-18H,7-8,16H2. The lowest BCUT2D eigenvalue weighted by Gasteiger charge is -2.12. The minimum atomic E-state index is 0.0634. The molecule has 4 nitrogen and oxygen atoms in total. The van der Waals surface area contributed by atoms with Crippen molar-refractivity contribution < 1.29 is 9.90 Å². The molecule has 0 saturated carbocycles. The molecule has 0 atom stereocenters. The maximum atomic E-state index is 10.7. The van der Waals surface area contributed by atoms with Crippen LogP contribution in [-0.2, 0) is 0 Å². The van der Waals surface area contributed by atoms with Gasteiger partial charge in [-0.25, -0.2) is 0 Å². The maximum Gasteiger partial charge on any atom is 0.150 e. The molecule has 0 heterocycles. The summed E-state index contributed by atoms with van der Waals surface area (Å²) in [6.45, 7) is 0.539. The van der Waals surface area contributed by atoms with E-state index < -0.39 is 0 Å². The third kappa shape index (κ3) is 3.11. The second kappa shape index (κ2) is 6.02. The summed E-state index contributed by atoms with van der Waals surface area (Å²) in [7, 11) is 0. The Hall–Kier alpha value is -2.33. The first-order valence-electron chi connectivity index (χ1n) is 6.04. The number of benzene rings is 2. The highest BCUT2D eigenvalue weighted by Crippen LogP contribution is 2.30. The van der Waals surface area contributed by atoms with Gasteiger partial charge in [-0.15, -0.1) is 0 Å². The molecule has 0 bridgehead atoms. The average Bonchev–Trinajstić information content (AvgIpc) is 2.46. The van der Waals surface area contributed by atoms with Gasteiger partial charge in [0.25, 0.3) is 0 Å². The van der Waals surface area contributed by atoms with Gasteiger partial charge in [0.1, 0.15) is 6.29 Å². The first kappa shape index (κ1) is 13.1. The molecule has 0 radical (unpaired) electrons. The third-order valence-corrected chi connectivity index (χ3v) is 2.83. The van der Waals surface area contributed by atoms with Gasteiger partial charge in [0.2, 0.25) is 0 Å². The second-order valence-electron chi connectivity index (χ2n) is 4.20. The van der Waals surface area contributed by atoms with Crippen LogP contribution in [0, 0.1) is 0 Å². The number of nitrogen functional groups attached to an aromatic ring is 1. The largest absolute Gasteiger partial charge is 0.399 e. The van der Waals surface area contributed by atoms with Crippen molar-refractivity contribution in [1.82, 2.24) is 0 Å². The van der Waals surface area contributed by atoms with Crippen LogP contribution >= 0.6 is 0 Å². The molecule has 0 aliphatic heterocycles. The number of carbonyl (C=O) groups excluding carboxylic acids is 1. The minimum Gasteiger partial charge on any atom is -0.399 e. The van der Waals surface area contributed by atoms with Gasteiger partial charge in [-0.1, -0.05) is 24.3 Å². The Balaban J connectivity index is 2.40. The molecule has 0 unspecified atom stereocenters. The van der Waals surface area contributed by atoms with Crippen LogP contribution in [0.15, 0.2) is 42.5 Å². The molecule has 0 amide bonds. The van der Waals surface area contributed by atoms with E-state index in [1.54, 1.807) is 12.1 Å². The van der Waals surface area contributed by atoms with E-state index in [0.717, 1.165) is 23.1 Å². The Morgan fingerprint density at radius 1 is 1.16 bits per heavy atom. The molecule has 4 heteroatoms. The van der Waals surface area contributed by atoms with Crippen molar-refractivity contribution in [1.29, 1.82) is 0 Å². The first-order valence-corrected chi connectivity index (χ1v) is 6.04. The molecule has 0 fully saturated rings. The summed E-state index contributed by atoms with van der Waals surface area (Å²) in [6.07, 6.45) is 0.814. The Bertz CT molecular complexity index is 565. The SMILES string of the molecule is Nc1ccc(NCCO)c(-c2ccc(C=O)cc2)c1. The van der Waals surface area contributed by atoms with Gasteiger partial charge in [0.15, 0.2) is 0 Å². The second-order valence-corrected chi connectivity index (χ2v) is 4.20. The molecule has 4 N–H and O–H groups in total. The lowest BCUT2D eigenvalue weighted by molar-refractivity contribution is 0.112. The molecule has 0 saturated heterocycles. The molecule has 0 aliphatic rings. The van der Waals surface area contributed by atoms with Gasteiger partial charge in [-0.2, -0.15) is 0 Å². The van der Waals surface area contributed by atoms with Crippen LogP contribution in [0.1, 0.15) is 10.4 Å². The number of hydrogen-bond acceptors (Lipinski definition) is 4. The van der Waals surface area contributed by atoms with Crippen molar-refractivity contribution in [2.45, 2.75) is 0 Å². The summed E-state index contributed by atoms with van der Waals surface area (Å²) in [5.74, 6) is 0. The van der Waals surface area contributed by atoms with Crippen LogP contribution in [0.2, 0.25) is 0 Å². The van der Waals surface area contributed by atoms with Crippen LogP contribution in [0.3, 0.4) is 0 Å². The molecule has 2 aromatic carbocycles. The van der Waals surface area contributed by atoms with Crippen LogP contribution in [-0.4, -0.2) is 24.5 Å². The maximum absolute atomic E-state index is 10.7. The highest BCUT2D eigenvalue weighted by Gasteiger charge is 2.05. The van der Waals surface area contributed by atoms with Crippen molar-refractivity contribution >= 4 is 17.7 Å². The molecule has 19 heavy (non-hydrogen) atoms. The summed E-state index contributed by atoms with van der Waals surface area (Å²) < 4.78 is 0. The van der Waals surface area contributed by atoms with E-state index in [-0.39, 0.29) is 6.61 Å². The van der Waals surface area contributed by atoms with Crippen molar-refractivity contribution in [2.24, 2.45) is 0 Å². The Morgan fingerprint density at radius 3 is 2.53 bits per heavy atom. The quantitative estimate of drug-likeness (QED) is 0.566. The molecule has 0 spiro atoms. The molecule has 0 aromatic heterocycles. The third-order valence-electron chi connectivity index (χ3n) is 2.83. The molecular formula is C15H16N2O2. The molecule has 2 aromatic rings. The summed E-state index contributed by atoms with van der Waals surface area (Å²) in [5.41, 5.74) is 9.95. The van der Waals surface area contributed by atoms with Crippen LogP contribution in [0.4, 0.5) is 11.4 Å². The zero-order chi connectivity index (χ0) is 13.7. The van der Waals surface area contributed by atoms with Crippen molar-refractivity contribution in [3.63, 3.8) is 0 Å². The number of carbonyl (C=O) groups is 1. The number of anilines is 2. The fourth-order valence-corrected chi connectivity index (χ4v) is 1.89. The van der Waals surface area contributed by atoms with Crippen molar-refractivity contribution in [3.05, 3.63) is 48.0 Å². The smallest absolute Gasteiger partial charge is 0.150 e. The summed E-state index contributed by atoms with van der Waals surface area (Å²) >= 11 is 0. The number of nitrogens with one attached hydrogen (secondary N) is 1. The molecular weight excluding hydrogens is 240 g/mol. The number of nitrogens with two attached hydrogens (primary N) is 1. The lowest BCUT2D eigenvalue weighted by Crippen LogP contribution is -2.06. The fourth-order valence-electron chi connectivity index (χ4n) is 1.89. The Labute approximate surface area is 111 Å². The van der Waals surface area contributed by atoms with E-state index in [1.807, 2.05) is 30.3 Å². The van der Waals surface area contributed by atoms with E-state index in [9.17, 15) is 4.79 Å². The number of aldehydes is 1. The van der Waals surface area contributed by atoms with Gasteiger partial charge in [-0.05, 0) is 23.8 Å². The Morgan fingerprint density at radius 2 is 1.89 bits per heavy atom. The highest BCUT2D eigenvalue weighted by molar-refractivity contribution is 5.83. The predicted octanol–water partition coefficient (Wildman–Crippen LogP) is 2.15. The lowest BCUT2D eigenvalue weighted by atomic mass is 10.0. The summed E-state index contributed by atoms with van der Waals surface area (Å²) in [6, 6.07) is 12.8. The van der Waals surface area contributed by atoms with Crippen LogP contribution in [0.25, 0.3) is 11.1 Å². The van der Waals surface area contributed by atoms with Crippen molar-refractivity contribution in [2.75, 3.05) is 24.2 Å². The highest BCUT2D eigenvalue weighted by atomic mass is 16.3. The molecule has 98 valence electrons. The van der Waals surface area contributed by atoms with E-state index in [1.165, 1.54) is 0 Å². The number of aliphatic hydroxyl groups excluding tert-OH is 1. The van der Waals surface area contributed by atoms with Crippen LogP contribution < -0.4 is 11.1 Å². The van der Waals surface area contributed by atoms with E-state index >= 15 is 0 Å². The number of aliphatic hydroxyl groups is 1. The number of rotatable bonds is 5. The monoisotopic (exact) mass is 256 g/mol. The normalized spacial score (nSPS) is 10.2. The minimum absolute atomic E-state index is 0.0634. The average molecular weight is 256 g/mol. The van der Waals surface area contributed by atoms with Gasteiger partial charge in [0.05, 0.1) is 6.61 Å². The van der Waals surface area contributed by atoms with E-state index in [4.69, 9.17) is 10.8 Å². The molecule has 0 aliphatic carbocycles. The van der Waals surface area contributed by atoms with Crippen LogP contribution in [0.5, 0.6) is 0 Å². The molecule has 2 rings (SSSR count). The van der Waals surface area contributed by atoms with Gasteiger partial charge < -0.3 is 16.2 Å². The Kier molecular flexibility index (Phi) is 4.15. The zero-order valence-corrected chi connectivity index (χ0v) is 10.5. The van der Waals surface area contributed by atoms with Crippen molar-refractivity contribution in [3.8, 4) is 11.1 Å². The van der Waals surface area contributed by atoms with Gasteiger partial charge in [0, 0.05) is 29.0 Å². The van der Waals surface area contributed by atoms with E-state index in [0.29, 0.717) is 17.8 Å². The first-order chi connectivity index (χ1) is 9.24. The summed E-state index contributed by atoms with van der Waals surface area (Å²) in [5, 5.41) is 12.0. The predicted molar refractivity (Wildman–Crippen MR) is 77.3 cm³/mol. The van der Waals surface area contributed by atoms with Gasteiger partial charge in [-0.3, -0.25) is 4.79 Å². The number of hydrogen-bond donors (Lipinski definition) is 3. The van der Waals surface area contributed by atoms with Gasteiger partial charge >= 0.3 is 0 Å². The van der Waals surface area contributed by atoms with E-state index in [2.05, 4.69) is 5.32 Å². The topological polar surface area (TPSA) is 75.3 Å². The zero-order valence-electron chi connectivity index (χ0n) is 10.5. The summed E-state index contributed by atoms with van der Waals surface area (Å²) in [4.78, 5) is 10.7. The fraction of sp³-hybridized carbons (Fsp3) is 0.133.